The van der Waals surface area contributed by atoms with Gasteiger partial charge in [-0.1, -0.05) is 0 Å². The second-order valence-corrected chi connectivity index (χ2v) is 2.98. The molecule has 12 heavy (non-hydrogen) atoms. The third-order valence-electron chi connectivity index (χ3n) is 1.53. The SMILES string of the molecule is C[C@@](N)(C(=O)O)c1ccc(Cl)o1. The van der Waals surface area contributed by atoms with Gasteiger partial charge in [-0.05, 0) is 30.7 Å². The number of hydrogen-bond donors (Lipinski definition) is 2. The van der Waals surface area contributed by atoms with E-state index in [1.54, 1.807) is 0 Å². The van der Waals surface area contributed by atoms with E-state index in [0.717, 1.165) is 0 Å². The van der Waals surface area contributed by atoms with Gasteiger partial charge < -0.3 is 15.3 Å². The molecule has 0 bridgehead atoms. The lowest BCUT2D eigenvalue weighted by molar-refractivity contribution is -0.143. The van der Waals surface area contributed by atoms with Crippen molar-refractivity contribution in [2.45, 2.75) is 12.5 Å². The molecule has 0 fully saturated rings. The maximum Gasteiger partial charge on any atom is 0.331 e. The second kappa shape index (κ2) is 2.80. The van der Waals surface area contributed by atoms with Crippen LogP contribution in [0.3, 0.4) is 0 Å². The molecule has 0 unspecified atom stereocenters. The molecule has 0 aliphatic heterocycles. The van der Waals surface area contributed by atoms with Gasteiger partial charge in [-0.15, -0.1) is 0 Å². The molecule has 1 atom stereocenters. The van der Waals surface area contributed by atoms with Crippen molar-refractivity contribution < 1.29 is 14.3 Å². The molecule has 0 saturated carbocycles. The molecule has 4 nitrogen and oxygen atoms in total. The van der Waals surface area contributed by atoms with Crippen LogP contribution in [0.15, 0.2) is 16.5 Å². The number of carbonyl (C=O) groups is 1. The van der Waals surface area contributed by atoms with Crippen molar-refractivity contribution in [1.82, 2.24) is 0 Å². The average Bonchev–Trinajstić information content (AvgIpc) is 2.35. The summed E-state index contributed by atoms with van der Waals surface area (Å²) in [7, 11) is 0. The highest BCUT2D eigenvalue weighted by Gasteiger charge is 2.33. The summed E-state index contributed by atoms with van der Waals surface area (Å²) in [5, 5.41) is 8.80. The molecule has 3 N–H and O–H groups in total. The Labute approximate surface area is 73.9 Å². The minimum atomic E-state index is -1.52. The van der Waals surface area contributed by atoms with Crippen LogP contribution in [-0.4, -0.2) is 11.1 Å². The zero-order chi connectivity index (χ0) is 9.35. The molecule has 0 aliphatic rings. The molecule has 0 saturated heterocycles. The zero-order valence-corrected chi connectivity index (χ0v) is 7.13. The summed E-state index contributed by atoms with van der Waals surface area (Å²) in [6.07, 6.45) is 0. The molecule has 1 aromatic heterocycles. The third kappa shape index (κ3) is 1.44. The van der Waals surface area contributed by atoms with Gasteiger partial charge in [-0.3, -0.25) is 0 Å². The van der Waals surface area contributed by atoms with Crippen LogP contribution >= 0.6 is 11.6 Å². The van der Waals surface area contributed by atoms with E-state index in [4.69, 9.17) is 26.9 Å². The Morgan fingerprint density at radius 3 is 2.67 bits per heavy atom. The fourth-order valence-corrected chi connectivity index (χ4v) is 0.845. The number of carboxylic acid groups (broad SMARTS) is 1. The van der Waals surface area contributed by atoms with Crippen molar-refractivity contribution in [3.05, 3.63) is 23.1 Å². The summed E-state index contributed by atoms with van der Waals surface area (Å²) in [6, 6.07) is 2.89. The molecule has 1 heterocycles. The highest BCUT2D eigenvalue weighted by Crippen LogP contribution is 2.22. The van der Waals surface area contributed by atoms with E-state index >= 15 is 0 Å². The van der Waals surface area contributed by atoms with Crippen LogP contribution in [0.5, 0.6) is 0 Å². The van der Waals surface area contributed by atoms with Crippen LogP contribution in [0, 0.1) is 0 Å². The number of furan rings is 1. The van der Waals surface area contributed by atoms with Crippen LogP contribution in [0.1, 0.15) is 12.7 Å². The first-order valence-corrected chi connectivity index (χ1v) is 3.60. The monoisotopic (exact) mass is 189 g/mol. The first-order valence-electron chi connectivity index (χ1n) is 3.22. The topological polar surface area (TPSA) is 76.5 Å². The molecule has 66 valence electrons. The van der Waals surface area contributed by atoms with E-state index in [2.05, 4.69) is 0 Å². The summed E-state index contributed by atoms with van der Waals surface area (Å²) in [5.41, 5.74) is 3.92. The van der Waals surface area contributed by atoms with E-state index in [1.165, 1.54) is 19.1 Å². The highest BCUT2D eigenvalue weighted by molar-refractivity contribution is 6.28. The summed E-state index contributed by atoms with van der Waals surface area (Å²) in [5.74, 6) is -1.02. The maximum atomic E-state index is 10.6. The molecule has 0 aliphatic carbocycles. The number of halogens is 1. The van der Waals surface area contributed by atoms with Crippen molar-refractivity contribution >= 4 is 17.6 Å². The normalized spacial score (nSPS) is 15.6. The van der Waals surface area contributed by atoms with Gasteiger partial charge in [-0.25, -0.2) is 4.79 Å². The molecular weight excluding hydrogens is 182 g/mol. The smallest absolute Gasteiger partial charge is 0.331 e. The molecule has 0 spiro atoms. The van der Waals surface area contributed by atoms with Crippen molar-refractivity contribution in [3.63, 3.8) is 0 Å². The van der Waals surface area contributed by atoms with E-state index in [1.807, 2.05) is 0 Å². The lowest BCUT2D eigenvalue weighted by Crippen LogP contribution is -2.41. The Hall–Kier alpha value is -1.00. The van der Waals surface area contributed by atoms with Gasteiger partial charge in [0.15, 0.2) is 10.8 Å². The Kier molecular flexibility index (Phi) is 2.12. The summed E-state index contributed by atoms with van der Waals surface area (Å²) in [6.45, 7) is 1.34. The Morgan fingerprint density at radius 1 is 1.75 bits per heavy atom. The maximum absolute atomic E-state index is 10.6. The van der Waals surface area contributed by atoms with Gasteiger partial charge in [0.2, 0.25) is 0 Å². The van der Waals surface area contributed by atoms with Crippen molar-refractivity contribution in [3.8, 4) is 0 Å². The Balaban J connectivity index is 3.05. The molecule has 0 amide bonds. The van der Waals surface area contributed by atoms with Gasteiger partial charge in [0.25, 0.3) is 0 Å². The molecule has 1 rings (SSSR count). The molecular formula is C7H8ClNO3. The zero-order valence-electron chi connectivity index (χ0n) is 6.37. The summed E-state index contributed by atoms with van der Waals surface area (Å²) < 4.78 is 4.87. The molecule has 0 radical (unpaired) electrons. The Bertz CT molecular complexity index is 305. The highest BCUT2D eigenvalue weighted by atomic mass is 35.5. The van der Waals surface area contributed by atoms with E-state index in [9.17, 15) is 4.79 Å². The first kappa shape index (κ1) is 9.09. The van der Waals surface area contributed by atoms with Crippen LogP contribution < -0.4 is 5.73 Å². The quantitative estimate of drug-likeness (QED) is 0.733. The summed E-state index contributed by atoms with van der Waals surface area (Å²) in [4.78, 5) is 10.6. The van der Waals surface area contributed by atoms with Crippen molar-refractivity contribution in [1.29, 1.82) is 0 Å². The minimum Gasteiger partial charge on any atom is -0.480 e. The molecule has 5 heteroatoms. The number of hydrogen-bond acceptors (Lipinski definition) is 3. The fourth-order valence-electron chi connectivity index (χ4n) is 0.699. The van der Waals surface area contributed by atoms with Crippen LogP contribution in [0.2, 0.25) is 5.22 Å². The number of carboxylic acids is 1. The predicted molar refractivity (Wildman–Crippen MR) is 42.9 cm³/mol. The largest absolute Gasteiger partial charge is 0.480 e. The van der Waals surface area contributed by atoms with Crippen LogP contribution in [-0.2, 0) is 10.3 Å². The lowest BCUT2D eigenvalue weighted by Gasteiger charge is -2.15. The number of rotatable bonds is 2. The minimum absolute atomic E-state index is 0.128. The molecule has 1 aromatic rings. The second-order valence-electron chi connectivity index (χ2n) is 2.61. The predicted octanol–water partition coefficient (Wildman–Crippen LogP) is 1.19. The van der Waals surface area contributed by atoms with E-state index in [0.29, 0.717) is 0 Å². The summed E-state index contributed by atoms with van der Waals surface area (Å²) >= 11 is 5.46. The van der Waals surface area contributed by atoms with Crippen LogP contribution in [0.25, 0.3) is 0 Å². The Morgan fingerprint density at radius 2 is 2.33 bits per heavy atom. The first-order chi connectivity index (χ1) is 5.44. The lowest BCUT2D eigenvalue weighted by atomic mass is 10.0. The van der Waals surface area contributed by atoms with Gasteiger partial charge in [0.1, 0.15) is 5.76 Å². The number of aliphatic carboxylic acids is 1. The van der Waals surface area contributed by atoms with Gasteiger partial charge >= 0.3 is 5.97 Å². The average molecular weight is 190 g/mol. The van der Waals surface area contributed by atoms with E-state index in [-0.39, 0.29) is 11.0 Å². The third-order valence-corrected chi connectivity index (χ3v) is 1.73. The standard InChI is InChI=1S/C7H8ClNO3/c1-7(9,6(10)11)4-2-3-5(8)12-4/h2-3H,9H2,1H3,(H,10,11)/t7-/m0/s1. The number of nitrogens with two attached hydrogens (primary N) is 1. The van der Waals surface area contributed by atoms with Crippen molar-refractivity contribution in [2.75, 3.05) is 0 Å². The van der Waals surface area contributed by atoms with Gasteiger partial charge in [-0.2, -0.15) is 0 Å². The van der Waals surface area contributed by atoms with Gasteiger partial charge in [0.05, 0.1) is 0 Å². The van der Waals surface area contributed by atoms with Gasteiger partial charge in [0, 0.05) is 0 Å². The van der Waals surface area contributed by atoms with Crippen LogP contribution in [0.4, 0.5) is 0 Å². The fraction of sp³-hybridized carbons (Fsp3) is 0.286. The van der Waals surface area contributed by atoms with Crippen molar-refractivity contribution in [2.24, 2.45) is 5.73 Å². The molecule has 0 aromatic carbocycles. The van der Waals surface area contributed by atoms with E-state index < -0.39 is 11.5 Å².